The summed E-state index contributed by atoms with van der Waals surface area (Å²) in [6.07, 6.45) is 1.49. The summed E-state index contributed by atoms with van der Waals surface area (Å²) in [5.41, 5.74) is 1.62. The predicted octanol–water partition coefficient (Wildman–Crippen LogP) is 3.32. The van der Waals surface area contributed by atoms with Gasteiger partial charge in [0.05, 0.1) is 38.8 Å². The Morgan fingerprint density at radius 1 is 1.13 bits per heavy atom. The lowest BCUT2D eigenvalue weighted by atomic mass is 10.1. The minimum Gasteiger partial charge on any atom is -0.493 e. The molecule has 7 heteroatoms. The lowest BCUT2D eigenvalue weighted by Crippen LogP contribution is -2.14. The Labute approximate surface area is 139 Å². The first kappa shape index (κ1) is 16.9. The largest absolute Gasteiger partial charge is 0.493 e. The zero-order valence-corrected chi connectivity index (χ0v) is 14.0. The first-order valence-corrected chi connectivity index (χ1v) is 7.12. The Morgan fingerprint density at radius 2 is 1.83 bits per heavy atom. The highest BCUT2D eigenvalue weighted by Crippen LogP contribution is 2.39. The SMILES string of the molecule is COc1ccc(C(=O)Nc2cnc(Cl)c(C)c2)c(OC)c1OC. The van der Waals surface area contributed by atoms with Gasteiger partial charge in [0.25, 0.3) is 5.91 Å². The molecule has 0 saturated carbocycles. The molecule has 0 radical (unpaired) electrons. The third kappa shape index (κ3) is 3.48. The van der Waals surface area contributed by atoms with Gasteiger partial charge in [-0.05, 0) is 30.7 Å². The Balaban J connectivity index is 2.37. The smallest absolute Gasteiger partial charge is 0.259 e. The molecule has 0 aliphatic carbocycles. The van der Waals surface area contributed by atoms with Gasteiger partial charge < -0.3 is 19.5 Å². The number of nitrogens with one attached hydrogen (secondary N) is 1. The number of carbonyl (C=O) groups is 1. The molecular weight excluding hydrogens is 320 g/mol. The van der Waals surface area contributed by atoms with Crippen molar-refractivity contribution in [1.82, 2.24) is 4.98 Å². The van der Waals surface area contributed by atoms with E-state index in [1.807, 2.05) is 6.92 Å². The summed E-state index contributed by atoms with van der Waals surface area (Å²) in [5, 5.41) is 3.15. The van der Waals surface area contributed by atoms with Crippen LogP contribution in [-0.4, -0.2) is 32.2 Å². The number of anilines is 1. The molecule has 122 valence electrons. The van der Waals surface area contributed by atoms with Crippen molar-refractivity contribution in [3.05, 3.63) is 40.7 Å². The topological polar surface area (TPSA) is 69.7 Å². The quantitative estimate of drug-likeness (QED) is 0.848. The monoisotopic (exact) mass is 336 g/mol. The van der Waals surface area contributed by atoms with E-state index in [9.17, 15) is 4.79 Å². The molecule has 1 heterocycles. The highest BCUT2D eigenvalue weighted by atomic mass is 35.5. The zero-order valence-electron chi connectivity index (χ0n) is 13.3. The van der Waals surface area contributed by atoms with E-state index in [0.717, 1.165) is 5.56 Å². The van der Waals surface area contributed by atoms with Gasteiger partial charge in [0.15, 0.2) is 11.5 Å². The van der Waals surface area contributed by atoms with E-state index < -0.39 is 0 Å². The van der Waals surface area contributed by atoms with Crippen LogP contribution in [0.25, 0.3) is 0 Å². The van der Waals surface area contributed by atoms with Gasteiger partial charge >= 0.3 is 0 Å². The summed E-state index contributed by atoms with van der Waals surface area (Å²) in [5.74, 6) is 0.771. The molecule has 6 nitrogen and oxygen atoms in total. The first-order valence-electron chi connectivity index (χ1n) is 6.74. The van der Waals surface area contributed by atoms with Crippen LogP contribution in [0, 0.1) is 6.92 Å². The van der Waals surface area contributed by atoms with Gasteiger partial charge in [-0.2, -0.15) is 0 Å². The summed E-state index contributed by atoms with van der Waals surface area (Å²) < 4.78 is 15.8. The predicted molar refractivity (Wildman–Crippen MR) is 88.0 cm³/mol. The third-order valence-corrected chi connectivity index (χ3v) is 3.62. The summed E-state index contributed by atoms with van der Waals surface area (Å²) in [6, 6.07) is 4.98. The van der Waals surface area contributed by atoms with Gasteiger partial charge in [-0.25, -0.2) is 4.98 Å². The Bertz CT molecular complexity index is 734. The standard InChI is InChI=1S/C16H17ClN2O4/c1-9-7-10(8-18-15(9)17)19-16(20)11-5-6-12(21-2)14(23-4)13(11)22-3/h5-8H,1-4H3,(H,19,20). The normalized spacial score (nSPS) is 10.1. The Kier molecular flexibility index (Phi) is 5.28. The molecule has 23 heavy (non-hydrogen) atoms. The van der Waals surface area contributed by atoms with E-state index in [-0.39, 0.29) is 5.91 Å². The van der Waals surface area contributed by atoms with Crippen LogP contribution in [0.1, 0.15) is 15.9 Å². The fourth-order valence-electron chi connectivity index (χ4n) is 2.10. The van der Waals surface area contributed by atoms with Crippen molar-refractivity contribution in [1.29, 1.82) is 0 Å². The number of rotatable bonds is 5. The molecule has 0 aliphatic rings. The van der Waals surface area contributed by atoms with Crippen molar-refractivity contribution in [3.63, 3.8) is 0 Å². The van der Waals surface area contributed by atoms with Crippen molar-refractivity contribution in [2.24, 2.45) is 0 Å². The van der Waals surface area contributed by atoms with E-state index in [1.54, 1.807) is 18.2 Å². The third-order valence-electron chi connectivity index (χ3n) is 3.22. The molecule has 1 amide bonds. The molecule has 1 N–H and O–H groups in total. The average Bonchev–Trinajstić information content (AvgIpc) is 2.56. The van der Waals surface area contributed by atoms with Crippen LogP contribution in [-0.2, 0) is 0 Å². The molecular formula is C16H17ClN2O4. The molecule has 1 aromatic heterocycles. The fourth-order valence-corrected chi connectivity index (χ4v) is 2.21. The van der Waals surface area contributed by atoms with E-state index in [1.165, 1.54) is 27.5 Å². The number of amides is 1. The van der Waals surface area contributed by atoms with Gasteiger partial charge in [0, 0.05) is 0 Å². The molecule has 2 rings (SSSR count). The van der Waals surface area contributed by atoms with Gasteiger partial charge in [-0.15, -0.1) is 0 Å². The average molecular weight is 337 g/mol. The second-order valence-electron chi connectivity index (χ2n) is 4.67. The number of pyridine rings is 1. The van der Waals surface area contributed by atoms with Crippen LogP contribution in [0.5, 0.6) is 17.2 Å². The molecule has 0 fully saturated rings. The molecule has 0 aliphatic heterocycles. The van der Waals surface area contributed by atoms with Crippen molar-refractivity contribution in [2.75, 3.05) is 26.6 Å². The number of ether oxygens (including phenoxy) is 3. The molecule has 0 bridgehead atoms. The minimum atomic E-state index is -0.355. The molecule has 0 unspecified atom stereocenters. The van der Waals surface area contributed by atoms with Gasteiger partial charge in [-0.1, -0.05) is 11.6 Å². The lowest BCUT2D eigenvalue weighted by Gasteiger charge is -2.15. The molecule has 0 saturated heterocycles. The van der Waals surface area contributed by atoms with E-state index in [4.69, 9.17) is 25.8 Å². The molecule has 0 atom stereocenters. The number of hydrogen-bond acceptors (Lipinski definition) is 5. The lowest BCUT2D eigenvalue weighted by molar-refractivity contribution is 0.102. The minimum absolute atomic E-state index is 0.294. The Hall–Kier alpha value is -2.47. The number of hydrogen-bond donors (Lipinski definition) is 1. The summed E-state index contributed by atoms with van der Waals surface area (Å²) in [4.78, 5) is 16.5. The summed E-state index contributed by atoms with van der Waals surface area (Å²) in [6.45, 7) is 1.81. The maximum Gasteiger partial charge on any atom is 0.259 e. The second kappa shape index (κ2) is 7.19. The number of methoxy groups -OCH3 is 3. The summed E-state index contributed by atoms with van der Waals surface area (Å²) >= 11 is 5.88. The number of carbonyl (C=O) groups excluding carboxylic acids is 1. The zero-order chi connectivity index (χ0) is 17.0. The maximum atomic E-state index is 12.5. The van der Waals surface area contributed by atoms with Crippen LogP contribution in [0.2, 0.25) is 5.15 Å². The highest BCUT2D eigenvalue weighted by molar-refractivity contribution is 6.30. The number of aromatic nitrogens is 1. The van der Waals surface area contributed by atoms with Crippen LogP contribution in [0.15, 0.2) is 24.4 Å². The first-order chi connectivity index (χ1) is 11.0. The van der Waals surface area contributed by atoms with Crippen molar-refractivity contribution in [2.45, 2.75) is 6.92 Å². The van der Waals surface area contributed by atoms with Crippen LogP contribution >= 0.6 is 11.6 Å². The van der Waals surface area contributed by atoms with E-state index >= 15 is 0 Å². The van der Waals surface area contributed by atoms with Crippen LogP contribution < -0.4 is 19.5 Å². The number of aryl methyl sites for hydroxylation is 1. The van der Waals surface area contributed by atoms with Crippen molar-refractivity contribution in [3.8, 4) is 17.2 Å². The fraction of sp³-hybridized carbons (Fsp3) is 0.250. The maximum absolute atomic E-state index is 12.5. The summed E-state index contributed by atoms with van der Waals surface area (Å²) in [7, 11) is 4.45. The molecule has 0 spiro atoms. The van der Waals surface area contributed by atoms with Gasteiger partial charge in [0.1, 0.15) is 5.15 Å². The number of nitrogens with zero attached hydrogens (tertiary/aromatic N) is 1. The van der Waals surface area contributed by atoms with Crippen molar-refractivity contribution >= 4 is 23.2 Å². The van der Waals surface area contributed by atoms with Crippen molar-refractivity contribution < 1.29 is 19.0 Å². The molecule has 2 aromatic rings. The van der Waals surface area contributed by atoms with E-state index in [0.29, 0.717) is 33.7 Å². The van der Waals surface area contributed by atoms with Crippen LogP contribution in [0.3, 0.4) is 0 Å². The number of halogens is 1. The van der Waals surface area contributed by atoms with Gasteiger partial charge in [-0.3, -0.25) is 4.79 Å². The second-order valence-corrected chi connectivity index (χ2v) is 5.03. The van der Waals surface area contributed by atoms with E-state index in [2.05, 4.69) is 10.3 Å². The number of benzene rings is 1. The molecule has 1 aromatic carbocycles. The Morgan fingerprint density at radius 3 is 2.39 bits per heavy atom. The van der Waals surface area contributed by atoms with Crippen LogP contribution in [0.4, 0.5) is 5.69 Å². The van der Waals surface area contributed by atoms with Gasteiger partial charge in [0.2, 0.25) is 5.75 Å². The highest BCUT2D eigenvalue weighted by Gasteiger charge is 2.20.